The van der Waals surface area contributed by atoms with E-state index in [1.807, 2.05) is 12.1 Å². The minimum atomic E-state index is -1.13. The van der Waals surface area contributed by atoms with Gasteiger partial charge >= 0.3 is 6.09 Å². The fraction of sp³-hybridized carbons (Fsp3) is 0.368. The summed E-state index contributed by atoms with van der Waals surface area (Å²) in [6.07, 6.45) is 3.28. The van der Waals surface area contributed by atoms with E-state index in [4.69, 9.17) is 9.84 Å². The highest BCUT2D eigenvalue weighted by Crippen LogP contribution is 2.39. The van der Waals surface area contributed by atoms with Gasteiger partial charge in [-0.3, -0.25) is 0 Å². The molecule has 3 aromatic heterocycles. The number of aromatic amines is 1. The molecule has 1 amide bonds. The van der Waals surface area contributed by atoms with Gasteiger partial charge in [-0.2, -0.15) is 0 Å². The number of aromatic nitrogens is 4. The van der Waals surface area contributed by atoms with Crippen LogP contribution in [-0.4, -0.2) is 50.3 Å². The van der Waals surface area contributed by atoms with E-state index in [-0.39, 0.29) is 12.6 Å². The third-order valence-electron chi connectivity index (χ3n) is 4.86. The summed E-state index contributed by atoms with van der Waals surface area (Å²) in [5.41, 5.74) is 2.09. The van der Waals surface area contributed by atoms with Gasteiger partial charge in [0, 0.05) is 12.1 Å². The van der Waals surface area contributed by atoms with Crippen LogP contribution in [0.15, 0.2) is 30.7 Å². The van der Waals surface area contributed by atoms with E-state index in [2.05, 4.69) is 30.2 Å². The Kier molecular flexibility index (Phi) is 5.15. The second-order valence-electron chi connectivity index (χ2n) is 7.00. The van der Waals surface area contributed by atoms with Gasteiger partial charge in [0.05, 0.1) is 24.6 Å². The minimum Gasteiger partial charge on any atom is -0.475 e. The van der Waals surface area contributed by atoms with Crippen LogP contribution in [0.1, 0.15) is 31.4 Å². The monoisotopic (exact) mass is 400 g/mol. The van der Waals surface area contributed by atoms with Crippen molar-refractivity contribution in [2.45, 2.75) is 31.8 Å². The van der Waals surface area contributed by atoms with Crippen LogP contribution in [-0.2, 0) is 0 Å². The first-order valence-corrected chi connectivity index (χ1v) is 9.35. The van der Waals surface area contributed by atoms with Crippen LogP contribution in [0.4, 0.5) is 15.0 Å². The van der Waals surface area contributed by atoms with Crippen molar-refractivity contribution in [3.63, 3.8) is 0 Å². The molecule has 29 heavy (non-hydrogen) atoms. The average Bonchev–Trinajstić information content (AvgIpc) is 3.35. The zero-order valence-electron chi connectivity index (χ0n) is 15.8. The SMILES string of the molecule is CC(COc1ncc(F)cc1[C@H]1CCCN1c1ccc2nc[nH]c2n1)NC(=O)O. The summed E-state index contributed by atoms with van der Waals surface area (Å²) in [6.45, 7) is 2.54. The molecule has 1 aliphatic rings. The largest absolute Gasteiger partial charge is 0.475 e. The van der Waals surface area contributed by atoms with Gasteiger partial charge in [0.1, 0.15) is 23.8 Å². The summed E-state index contributed by atoms with van der Waals surface area (Å²) >= 11 is 0. The van der Waals surface area contributed by atoms with Gasteiger partial charge in [0.15, 0.2) is 5.65 Å². The molecular weight excluding hydrogens is 379 g/mol. The predicted molar refractivity (Wildman–Crippen MR) is 104 cm³/mol. The van der Waals surface area contributed by atoms with Crippen LogP contribution in [0, 0.1) is 5.82 Å². The summed E-state index contributed by atoms with van der Waals surface area (Å²) in [5, 5.41) is 11.1. The van der Waals surface area contributed by atoms with E-state index in [1.165, 1.54) is 6.07 Å². The third kappa shape index (κ3) is 4.05. The zero-order valence-corrected chi connectivity index (χ0v) is 15.8. The van der Waals surface area contributed by atoms with Gasteiger partial charge in [0.2, 0.25) is 5.88 Å². The smallest absolute Gasteiger partial charge is 0.404 e. The molecule has 0 aromatic carbocycles. The second kappa shape index (κ2) is 7.90. The number of imidazole rings is 1. The van der Waals surface area contributed by atoms with Crippen LogP contribution < -0.4 is 15.0 Å². The number of hydrogen-bond donors (Lipinski definition) is 3. The molecule has 1 unspecified atom stereocenters. The lowest BCUT2D eigenvalue weighted by Gasteiger charge is -2.27. The molecule has 1 saturated heterocycles. The molecule has 0 bridgehead atoms. The number of nitrogens with one attached hydrogen (secondary N) is 2. The molecule has 3 aromatic rings. The molecule has 3 N–H and O–H groups in total. The van der Waals surface area contributed by atoms with Crippen molar-refractivity contribution in [1.82, 2.24) is 25.3 Å². The number of ether oxygens (including phenoxy) is 1. The third-order valence-corrected chi connectivity index (χ3v) is 4.86. The van der Waals surface area contributed by atoms with Crippen LogP contribution in [0.3, 0.4) is 0 Å². The highest BCUT2D eigenvalue weighted by molar-refractivity contribution is 5.72. The first kappa shape index (κ1) is 18.9. The maximum Gasteiger partial charge on any atom is 0.404 e. The van der Waals surface area contributed by atoms with E-state index < -0.39 is 18.0 Å². The highest BCUT2D eigenvalue weighted by Gasteiger charge is 2.31. The number of halogens is 1. The number of nitrogens with zero attached hydrogens (tertiary/aromatic N) is 4. The number of carboxylic acid groups (broad SMARTS) is 1. The first-order valence-electron chi connectivity index (χ1n) is 9.35. The van der Waals surface area contributed by atoms with E-state index in [1.54, 1.807) is 13.3 Å². The summed E-state index contributed by atoms with van der Waals surface area (Å²) in [6, 6.07) is 4.63. The normalized spacial score (nSPS) is 17.4. The van der Waals surface area contributed by atoms with Crippen LogP contribution in [0.2, 0.25) is 0 Å². The van der Waals surface area contributed by atoms with E-state index >= 15 is 0 Å². The molecule has 2 atom stereocenters. The number of rotatable bonds is 6. The Morgan fingerprint density at radius 1 is 1.48 bits per heavy atom. The topological polar surface area (TPSA) is 116 Å². The lowest BCUT2D eigenvalue weighted by atomic mass is 10.1. The lowest BCUT2D eigenvalue weighted by molar-refractivity contribution is 0.182. The maximum absolute atomic E-state index is 14.0. The van der Waals surface area contributed by atoms with Crippen molar-refractivity contribution in [2.75, 3.05) is 18.1 Å². The minimum absolute atomic E-state index is 0.0863. The maximum atomic E-state index is 14.0. The van der Waals surface area contributed by atoms with Crippen molar-refractivity contribution >= 4 is 23.1 Å². The average molecular weight is 400 g/mol. The Morgan fingerprint density at radius 3 is 3.17 bits per heavy atom. The summed E-state index contributed by atoms with van der Waals surface area (Å²) in [5.74, 6) is 0.609. The Hall–Kier alpha value is -3.43. The lowest BCUT2D eigenvalue weighted by Crippen LogP contribution is -2.36. The van der Waals surface area contributed by atoms with Gasteiger partial charge in [-0.15, -0.1) is 0 Å². The van der Waals surface area contributed by atoms with Gasteiger partial charge in [-0.1, -0.05) is 0 Å². The molecule has 0 saturated carbocycles. The quantitative estimate of drug-likeness (QED) is 0.582. The molecular formula is C19H21FN6O3. The molecule has 4 heterocycles. The van der Waals surface area contributed by atoms with Crippen molar-refractivity contribution in [2.24, 2.45) is 0 Å². The molecule has 152 valence electrons. The Labute approximate surface area is 165 Å². The number of carbonyl (C=O) groups is 1. The molecule has 9 nitrogen and oxygen atoms in total. The number of fused-ring (bicyclic) bond motifs is 1. The van der Waals surface area contributed by atoms with Gasteiger partial charge in [-0.25, -0.2) is 24.1 Å². The number of pyridine rings is 2. The Balaban J connectivity index is 1.60. The number of hydrogen-bond acceptors (Lipinski definition) is 6. The van der Waals surface area contributed by atoms with Crippen LogP contribution >= 0.6 is 0 Å². The number of anilines is 1. The van der Waals surface area contributed by atoms with Crippen molar-refractivity contribution in [3.8, 4) is 5.88 Å². The van der Waals surface area contributed by atoms with Crippen LogP contribution in [0.5, 0.6) is 5.88 Å². The van der Waals surface area contributed by atoms with Crippen LogP contribution in [0.25, 0.3) is 11.2 Å². The van der Waals surface area contributed by atoms with Crippen molar-refractivity contribution in [3.05, 3.63) is 42.1 Å². The van der Waals surface area contributed by atoms with E-state index in [9.17, 15) is 9.18 Å². The Morgan fingerprint density at radius 2 is 2.34 bits per heavy atom. The highest BCUT2D eigenvalue weighted by atomic mass is 19.1. The Bertz CT molecular complexity index is 1030. The molecule has 0 spiro atoms. The summed E-state index contributed by atoms with van der Waals surface area (Å²) < 4.78 is 19.8. The molecule has 0 radical (unpaired) electrons. The summed E-state index contributed by atoms with van der Waals surface area (Å²) in [4.78, 5) is 28.8. The predicted octanol–water partition coefficient (Wildman–Crippen LogP) is 2.87. The molecule has 0 aliphatic carbocycles. The van der Waals surface area contributed by atoms with Gasteiger partial charge in [0.25, 0.3) is 0 Å². The summed E-state index contributed by atoms with van der Waals surface area (Å²) in [7, 11) is 0. The molecule has 4 rings (SSSR count). The van der Waals surface area contributed by atoms with Gasteiger partial charge < -0.3 is 25.0 Å². The van der Waals surface area contributed by atoms with Crippen molar-refractivity contribution < 1.29 is 19.0 Å². The second-order valence-corrected chi connectivity index (χ2v) is 7.00. The van der Waals surface area contributed by atoms with Crippen molar-refractivity contribution in [1.29, 1.82) is 0 Å². The molecule has 10 heteroatoms. The fourth-order valence-electron chi connectivity index (χ4n) is 3.60. The first-order chi connectivity index (χ1) is 14.0. The number of amides is 1. The zero-order chi connectivity index (χ0) is 20.4. The fourth-order valence-corrected chi connectivity index (χ4v) is 3.60. The van der Waals surface area contributed by atoms with E-state index in [0.29, 0.717) is 17.1 Å². The van der Waals surface area contributed by atoms with E-state index in [0.717, 1.165) is 36.9 Å². The van der Waals surface area contributed by atoms with Gasteiger partial charge in [-0.05, 0) is 38.0 Å². The molecule has 1 aliphatic heterocycles. The standard InChI is InChI=1S/C19H21FN6O3/c1-11(24-19(27)28)9-29-18-13(7-12(20)8-21-18)15-3-2-6-26(15)16-5-4-14-17(25-16)23-10-22-14/h4-5,7-8,10-11,15,24H,2-3,6,9H2,1H3,(H,27,28)(H,22,23,25)/t11?,15-/m1/s1. The number of H-pyrrole nitrogens is 1. The molecule has 1 fully saturated rings.